The zero-order valence-electron chi connectivity index (χ0n) is 14.0. The van der Waals surface area contributed by atoms with E-state index < -0.39 is 6.03 Å². The third-order valence-electron chi connectivity index (χ3n) is 4.28. The van der Waals surface area contributed by atoms with Gasteiger partial charge in [-0.2, -0.15) is 0 Å². The van der Waals surface area contributed by atoms with Gasteiger partial charge >= 0.3 is 6.03 Å². The molecule has 4 nitrogen and oxygen atoms in total. The quantitative estimate of drug-likeness (QED) is 0.858. The van der Waals surface area contributed by atoms with Crippen LogP contribution in [0, 0.1) is 0 Å². The lowest BCUT2D eigenvalue weighted by Crippen LogP contribution is -2.40. The molecule has 0 aromatic heterocycles. The SMILES string of the molecule is O=C(CSC1CCCc2ccccc21)NC(=O)NCc1ccccc1. The van der Waals surface area contributed by atoms with Crippen LogP contribution >= 0.6 is 11.8 Å². The number of carbonyl (C=O) groups is 2. The normalized spacial score (nSPS) is 15.9. The number of hydrogen-bond donors (Lipinski definition) is 2. The van der Waals surface area contributed by atoms with Crippen LogP contribution in [0.4, 0.5) is 4.79 Å². The van der Waals surface area contributed by atoms with Crippen molar-refractivity contribution < 1.29 is 9.59 Å². The maximum atomic E-state index is 12.0. The van der Waals surface area contributed by atoms with Gasteiger partial charge in [0, 0.05) is 11.8 Å². The molecule has 0 heterocycles. The molecule has 5 heteroatoms. The highest BCUT2D eigenvalue weighted by Gasteiger charge is 2.21. The standard InChI is InChI=1S/C20H22N2O2S/c23-19(22-20(24)21-13-15-7-2-1-3-8-15)14-25-18-12-6-10-16-9-4-5-11-17(16)18/h1-5,7-9,11,18H,6,10,12-14H2,(H2,21,22,23,24). The Morgan fingerprint density at radius 1 is 1.04 bits per heavy atom. The summed E-state index contributed by atoms with van der Waals surface area (Å²) in [5, 5.41) is 5.44. The number of nitrogens with one attached hydrogen (secondary N) is 2. The molecule has 0 aliphatic heterocycles. The van der Waals surface area contributed by atoms with Crippen molar-refractivity contribution in [1.82, 2.24) is 10.6 Å². The van der Waals surface area contributed by atoms with Crippen LogP contribution in [0.2, 0.25) is 0 Å². The first-order chi connectivity index (χ1) is 12.2. The van der Waals surface area contributed by atoms with E-state index in [1.54, 1.807) is 11.8 Å². The molecule has 1 unspecified atom stereocenters. The lowest BCUT2D eigenvalue weighted by atomic mass is 9.91. The smallest absolute Gasteiger partial charge is 0.321 e. The second-order valence-electron chi connectivity index (χ2n) is 6.11. The van der Waals surface area contributed by atoms with Crippen LogP contribution in [0.25, 0.3) is 0 Å². The summed E-state index contributed by atoms with van der Waals surface area (Å²) in [7, 11) is 0. The molecule has 0 spiro atoms. The number of carbonyl (C=O) groups excluding carboxylic acids is 2. The minimum Gasteiger partial charge on any atom is -0.334 e. The fourth-order valence-corrected chi connectivity index (χ4v) is 4.21. The largest absolute Gasteiger partial charge is 0.334 e. The zero-order chi connectivity index (χ0) is 17.5. The molecule has 0 bridgehead atoms. The molecular formula is C20H22N2O2S. The van der Waals surface area contributed by atoms with Gasteiger partial charge in [-0.3, -0.25) is 10.1 Å². The van der Waals surface area contributed by atoms with Gasteiger partial charge in [-0.25, -0.2) is 4.79 Å². The van der Waals surface area contributed by atoms with E-state index in [1.165, 1.54) is 11.1 Å². The number of imide groups is 1. The van der Waals surface area contributed by atoms with Crippen LogP contribution in [0.5, 0.6) is 0 Å². The van der Waals surface area contributed by atoms with Gasteiger partial charge in [-0.05, 0) is 36.0 Å². The summed E-state index contributed by atoms with van der Waals surface area (Å²) < 4.78 is 0. The van der Waals surface area contributed by atoms with E-state index in [9.17, 15) is 9.59 Å². The molecule has 1 aliphatic carbocycles. The van der Waals surface area contributed by atoms with E-state index in [2.05, 4.69) is 34.9 Å². The van der Waals surface area contributed by atoms with E-state index in [1.807, 2.05) is 30.3 Å². The fraction of sp³-hybridized carbons (Fsp3) is 0.300. The first-order valence-corrected chi connectivity index (χ1v) is 9.58. The summed E-state index contributed by atoms with van der Waals surface area (Å²) in [6, 6.07) is 17.6. The summed E-state index contributed by atoms with van der Waals surface area (Å²) in [6.07, 6.45) is 3.34. The van der Waals surface area contributed by atoms with Gasteiger partial charge < -0.3 is 5.32 Å². The Hall–Kier alpha value is -2.27. The Kier molecular flexibility index (Phi) is 6.12. The van der Waals surface area contributed by atoms with Crippen molar-refractivity contribution in [2.45, 2.75) is 31.1 Å². The minimum absolute atomic E-state index is 0.251. The predicted molar refractivity (Wildman–Crippen MR) is 101 cm³/mol. The van der Waals surface area contributed by atoms with Crippen LogP contribution < -0.4 is 10.6 Å². The third kappa shape index (κ3) is 5.10. The molecule has 2 aromatic rings. The van der Waals surface area contributed by atoms with Gasteiger partial charge in [-0.1, -0.05) is 54.6 Å². The Labute approximate surface area is 152 Å². The minimum atomic E-state index is -0.446. The number of thioether (sulfide) groups is 1. The summed E-state index contributed by atoms with van der Waals surface area (Å²) in [4.78, 5) is 23.9. The van der Waals surface area contributed by atoms with E-state index in [0.717, 1.165) is 24.8 Å². The van der Waals surface area contributed by atoms with Gasteiger partial charge in [0.1, 0.15) is 0 Å². The number of amides is 3. The van der Waals surface area contributed by atoms with Gasteiger partial charge in [0.05, 0.1) is 5.75 Å². The molecule has 3 rings (SSSR count). The highest BCUT2D eigenvalue weighted by atomic mass is 32.2. The average molecular weight is 354 g/mol. The summed E-state index contributed by atoms with van der Waals surface area (Å²) in [5.74, 6) is 0.0382. The number of rotatable bonds is 5. The molecule has 1 aliphatic rings. The maximum absolute atomic E-state index is 12.0. The predicted octanol–water partition coefficient (Wildman–Crippen LogP) is 3.82. The summed E-state index contributed by atoms with van der Waals surface area (Å²) in [6.45, 7) is 0.406. The zero-order valence-corrected chi connectivity index (χ0v) is 14.9. The molecule has 2 aromatic carbocycles. The molecule has 130 valence electrons. The van der Waals surface area contributed by atoms with Gasteiger partial charge in [0.2, 0.25) is 5.91 Å². The third-order valence-corrected chi connectivity index (χ3v) is 5.60. The van der Waals surface area contributed by atoms with Crippen molar-refractivity contribution in [2.24, 2.45) is 0 Å². The van der Waals surface area contributed by atoms with Crippen molar-refractivity contribution in [3.8, 4) is 0 Å². The number of fused-ring (bicyclic) bond motifs is 1. The number of urea groups is 1. The van der Waals surface area contributed by atoms with Crippen LogP contribution in [0.1, 0.15) is 34.8 Å². The van der Waals surface area contributed by atoms with Crippen molar-refractivity contribution in [2.75, 3.05) is 5.75 Å². The molecule has 3 amide bonds. The van der Waals surface area contributed by atoms with Gasteiger partial charge in [0.25, 0.3) is 0 Å². The van der Waals surface area contributed by atoms with Gasteiger partial charge in [-0.15, -0.1) is 11.8 Å². The molecule has 0 saturated carbocycles. The molecule has 25 heavy (non-hydrogen) atoms. The van der Waals surface area contributed by atoms with Crippen molar-refractivity contribution >= 4 is 23.7 Å². The Bertz CT molecular complexity index is 733. The van der Waals surface area contributed by atoms with Crippen molar-refractivity contribution in [3.05, 3.63) is 71.3 Å². The number of aryl methyl sites for hydroxylation is 1. The summed E-state index contributed by atoms with van der Waals surface area (Å²) in [5.41, 5.74) is 3.71. The van der Waals surface area contributed by atoms with E-state index in [-0.39, 0.29) is 11.7 Å². The van der Waals surface area contributed by atoms with Crippen LogP contribution in [0.15, 0.2) is 54.6 Å². The molecular weight excluding hydrogens is 332 g/mol. The molecule has 2 N–H and O–H groups in total. The highest BCUT2D eigenvalue weighted by molar-refractivity contribution is 8.00. The second kappa shape index (κ2) is 8.72. The van der Waals surface area contributed by atoms with E-state index in [4.69, 9.17) is 0 Å². The van der Waals surface area contributed by atoms with E-state index >= 15 is 0 Å². The lowest BCUT2D eigenvalue weighted by Gasteiger charge is -2.24. The Balaban J connectivity index is 1.43. The lowest BCUT2D eigenvalue weighted by molar-refractivity contribution is -0.117. The maximum Gasteiger partial charge on any atom is 0.321 e. The monoisotopic (exact) mass is 354 g/mol. The van der Waals surface area contributed by atoms with Crippen LogP contribution in [0.3, 0.4) is 0 Å². The number of hydrogen-bond acceptors (Lipinski definition) is 3. The Morgan fingerprint density at radius 2 is 1.80 bits per heavy atom. The molecule has 1 atom stereocenters. The van der Waals surface area contributed by atoms with Gasteiger partial charge in [0.15, 0.2) is 0 Å². The van der Waals surface area contributed by atoms with Crippen LogP contribution in [-0.4, -0.2) is 17.7 Å². The fourth-order valence-electron chi connectivity index (χ4n) is 3.04. The second-order valence-corrected chi connectivity index (χ2v) is 7.30. The molecule has 0 radical (unpaired) electrons. The number of benzene rings is 2. The topological polar surface area (TPSA) is 58.2 Å². The highest BCUT2D eigenvalue weighted by Crippen LogP contribution is 2.39. The average Bonchev–Trinajstić information content (AvgIpc) is 2.65. The summed E-state index contributed by atoms with van der Waals surface area (Å²) >= 11 is 1.61. The first-order valence-electron chi connectivity index (χ1n) is 8.53. The Morgan fingerprint density at radius 3 is 2.64 bits per heavy atom. The van der Waals surface area contributed by atoms with Crippen LogP contribution in [-0.2, 0) is 17.8 Å². The van der Waals surface area contributed by atoms with Crippen molar-refractivity contribution in [3.63, 3.8) is 0 Å². The van der Waals surface area contributed by atoms with Crippen molar-refractivity contribution in [1.29, 1.82) is 0 Å². The first kappa shape index (κ1) is 17.5. The van der Waals surface area contributed by atoms with E-state index in [0.29, 0.717) is 11.8 Å². The molecule has 0 saturated heterocycles. The molecule has 0 fully saturated rings.